The van der Waals surface area contributed by atoms with Crippen LogP contribution in [0.15, 0.2) is 53.4 Å². The molecule has 0 saturated carbocycles. The number of hydrogen-bond acceptors (Lipinski definition) is 10. The quantitative estimate of drug-likeness (QED) is 0.215. The van der Waals surface area contributed by atoms with E-state index in [1.807, 2.05) is 6.07 Å². The predicted octanol–water partition coefficient (Wildman–Crippen LogP) is 4.46. The normalized spacial score (nSPS) is 18.0. The van der Waals surface area contributed by atoms with Gasteiger partial charge in [-0.25, -0.2) is 14.5 Å². The molecule has 218 valence electrons. The summed E-state index contributed by atoms with van der Waals surface area (Å²) in [7, 11) is 1.30. The maximum absolute atomic E-state index is 13.0. The molecule has 0 radical (unpaired) electrons. The number of carbonyl (C=O) groups is 5. The molecule has 10 nitrogen and oxygen atoms in total. The van der Waals surface area contributed by atoms with Crippen LogP contribution in [-0.4, -0.2) is 48.6 Å². The number of thiophene rings is 1. The zero-order chi connectivity index (χ0) is 30.0. The molecule has 2 aromatic carbocycles. The van der Waals surface area contributed by atoms with Gasteiger partial charge in [0.25, 0.3) is 5.91 Å². The van der Waals surface area contributed by atoms with Crippen molar-refractivity contribution in [2.75, 3.05) is 29.7 Å². The highest BCUT2D eigenvalue weighted by atomic mass is 32.2. The maximum atomic E-state index is 13.0. The van der Waals surface area contributed by atoms with Crippen LogP contribution in [-0.2, 0) is 36.7 Å². The van der Waals surface area contributed by atoms with Gasteiger partial charge in [0, 0.05) is 21.9 Å². The molecule has 1 aromatic heterocycles. The highest BCUT2D eigenvalue weighted by molar-refractivity contribution is 8.00. The van der Waals surface area contributed by atoms with Gasteiger partial charge in [0.2, 0.25) is 11.8 Å². The second-order valence-corrected chi connectivity index (χ2v) is 12.6. The van der Waals surface area contributed by atoms with E-state index < -0.39 is 29.7 Å². The molecule has 1 aliphatic carbocycles. The number of fused-ring (bicyclic) bond motifs is 1. The first-order chi connectivity index (χ1) is 20.1. The number of amides is 3. The second-order valence-electron chi connectivity index (χ2n) is 10.2. The number of ether oxygens (including phenoxy) is 2. The third kappa shape index (κ3) is 6.19. The Morgan fingerprint density at radius 1 is 1.10 bits per heavy atom. The van der Waals surface area contributed by atoms with Crippen LogP contribution in [0.5, 0.6) is 0 Å². The molecule has 2 heterocycles. The van der Waals surface area contributed by atoms with Gasteiger partial charge in [0.15, 0.2) is 6.61 Å². The first-order valence-electron chi connectivity index (χ1n) is 13.3. The van der Waals surface area contributed by atoms with Crippen molar-refractivity contribution in [1.82, 2.24) is 0 Å². The summed E-state index contributed by atoms with van der Waals surface area (Å²) in [4.78, 5) is 66.3. The number of benzene rings is 2. The molecule has 3 amide bonds. The van der Waals surface area contributed by atoms with Gasteiger partial charge in [-0.2, -0.15) is 0 Å². The molecule has 12 heteroatoms. The minimum atomic E-state index is -0.752. The van der Waals surface area contributed by atoms with Crippen LogP contribution >= 0.6 is 23.1 Å². The van der Waals surface area contributed by atoms with Crippen LogP contribution in [0.25, 0.3) is 0 Å². The molecule has 3 aromatic rings. The highest BCUT2D eigenvalue weighted by Gasteiger charge is 2.40. The number of thioether (sulfide) groups is 1. The van der Waals surface area contributed by atoms with Gasteiger partial charge < -0.3 is 20.5 Å². The van der Waals surface area contributed by atoms with E-state index in [4.69, 9.17) is 15.2 Å². The predicted molar refractivity (Wildman–Crippen MR) is 160 cm³/mol. The van der Waals surface area contributed by atoms with E-state index in [2.05, 4.69) is 12.2 Å². The third-order valence-electron chi connectivity index (χ3n) is 7.09. The Bertz CT molecular complexity index is 1570. The average Bonchev–Trinajstić information content (AvgIpc) is 3.45. The fourth-order valence-corrected chi connectivity index (χ4v) is 7.54. The number of imide groups is 1. The summed E-state index contributed by atoms with van der Waals surface area (Å²) >= 11 is 2.62. The molecule has 0 spiro atoms. The van der Waals surface area contributed by atoms with Crippen LogP contribution in [0.2, 0.25) is 0 Å². The molecule has 5 rings (SSSR count). The third-order valence-corrected chi connectivity index (χ3v) is 9.44. The second kappa shape index (κ2) is 12.4. The average molecular weight is 608 g/mol. The topological polar surface area (TPSA) is 145 Å². The monoisotopic (exact) mass is 607 g/mol. The van der Waals surface area contributed by atoms with Gasteiger partial charge in [0.05, 0.1) is 29.2 Å². The number of carbonyl (C=O) groups excluding carboxylic acids is 5. The van der Waals surface area contributed by atoms with Gasteiger partial charge in [-0.3, -0.25) is 14.4 Å². The first-order valence-corrected chi connectivity index (χ1v) is 15.0. The van der Waals surface area contributed by atoms with Crippen molar-refractivity contribution in [3.63, 3.8) is 0 Å². The van der Waals surface area contributed by atoms with Gasteiger partial charge in [-0.05, 0) is 73.2 Å². The summed E-state index contributed by atoms with van der Waals surface area (Å²) in [6, 6.07) is 12.9. The number of nitrogens with one attached hydrogen (secondary N) is 1. The van der Waals surface area contributed by atoms with Crippen molar-refractivity contribution in [2.24, 2.45) is 5.92 Å². The van der Waals surface area contributed by atoms with E-state index in [0.29, 0.717) is 27.9 Å². The van der Waals surface area contributed by atoms with E-state index in [1.165, 1.54) is 54.5 Å². The van der Waals surface area contributed by atoms with Gasteiger partial charge in [0.1, 0.15) is 5.00 Å². The number of esters is 2. The van der Waals surface area contributed by atoms with E-state index in [-0.39, 0.29) is 23.8 Å². The number of nitrogens with zero attached hydrogens (tertiary/aromatic N) is 1. The SMILES string of the molecule is COC(=O)c1c(NC(=O)COC(=O)c2ccc(N3C(=O)CC(Sc4cccc(N)c4)C3=O)cc2)sc2c1CCC(C)C2. The van der Waals surface area contributed by atoms with Crippen molar-refractivity contribution in [2.45, 2.75) is 42.8 Å². The summed E-state index contributed by atoms with van der Waals surface area (Å²) in [6.45, 7) is 1.58. The number of anilines is 3. The van der Waals surface area contributed by atoms with E-state index in [9.17, 15) is 24.0 Å². The maximum Gasteiger partial charge on any atom is 0.341 e. The Morgan fingerprint density at radius 2 is 1.86 bits per heavy atom. The Morgan fingerprint density at radius 3 is 2.57 bits per heavy atom. The van der Waals surface area contributed by atoms with Crippen molar-refractivity contribution < 1.29 is 33.4 Å². The molecule has 3 N–H and O–H groups in total. The lowest BCUT2D eigenvalue weighted by molar-refractivity contribution is -0.121. The van der Waals surface area contributed by atoms with Crippen LogP contribution in [0.4, 0.5) is 16.4 Å². The van der Waals surface area contributed by atoms with Gasteiger partial charge in [-0.15, -0.1) is 23.1 Å². The van der Waals surface area contributed by atoms with Crippen LogP contribution in [0.3, 0.4) is 0 Å². The van der Waals surface area contributed by atoms with Crippen LogP contribution in [0.1, 0.15) is 50.9 Å². The Balaban J connectivity index is 1.19. The summed E-state index contributed by atoms with van der Waals surface area (Å²) in [6.07, 6.45) is 2.54. The van der Waals surface area contributed by atoms with Crippen LogP contribution < -0.4 is 16.0 Å². The summed E-state index contributed by atoms with van der Waals surface area (Å²) < 4.78 is 10.1. The smallest absolute Gasteiger partial charge is 0.341 e. The summed E-state index contributed by atoms with van der Waals surface area (Å²) in [5.41, 5.74) is 8.13. The molecular formula is C30H29N3O7S2. The molecule has 2 aliphatic rings. The first kappa shape index (κ1) is 29.3. The molecule has 1 aliphatic heterocycles. The summed E-state index contributed by atoms with van der Waals surface area (Å²) in [5.74, 6) is -2.07. The Hall–Kier alpha value is -4.16. The lowest BCUT2D eigenvalue weighted by atomic mass is 9.88. The van der Waals surface area contributed by atoms with Gasteiger partial charge in [-0.1, -0.05) is 13.0 Å². The van der Waals surface area contributed by atoms with Crippen molar-refractivity contribution in [1.29, 1.82) is 0 Å². The molecule has 2 unspecified atom stereocenters. The largest absolute Gasteiger partial charge is 0.465 e. The lowest BCUT2D eigenvalue weighted by Gasteiger charge is -2.18. The zero-order valence-electron chi connectivity index (χ0n) is 23.0. The number of methoxy groups -OCH3 is 1. The van der Waals surface area contributed by atoms with Gasteiger partial charge >= 0.3 is 11.9 Å². The van der Waals surface area contributed by atoms with Crippen LogP contribution in [0, 0.1) is 5.92 Å². The molecule has 2 atom stereocenters. The molecular weight excluding hydrogens is 578 g/mol. The van der Waals surface area contributed by atoms with E-state index >= 15 is 0 Å². The number of hydrogen-bond donors (Lipinski definition) is 2. The zero-order valence-corrected chi connectivity index (χ0v) is 24.6. The minimum Gasteiger partial charge on any atom is -0.465 e. The van der Waals surface area contributed by atoms with E-state index in [1.54, 1.807) is 18.2 Å². The molecule has 1 fully saturated rings. The Labute approximate surface area is 250 Å². The van der Waals surface area contributed by atoms with Crippen molar-refractivity contribution >= 4 is 69.1 Å². The number of nitrogens with two attached hydrogens (primary N) is 1. The Kier molecular flexibility index (Phi) is 8.64. The van der Waals surface area contributed by atoms with Crippen molar-refractivity contribution in [3.05, 3.63) is 70.1 Å². The molecule has 0 bridgehead atoms. The molecule has 42 heavy (non-hydrogen) atoms. The minimum absolute atomic E-state index is 0.0428. The number of rotatable bonds is 8. The summed E-state index contributed by atoms with van der Waals surface area (Å²) in [5, 5.41) is 2.50. The fourth-order valence-electron chi connectivity index (χ4n) is 5.00. The molecule has 1 saturated heterocycles. The number of nitrogen functional groups attached to an aromatic ring is 1. The van der Waals surface area contributed by atoms with E-state index in [0.717, 1.165) is 39.5 Å². The highest BCUT2D eigenvalue weighted by Crippen LogP contribution is 2.40. The lowest BCUT2D eigenvalue weighted by Crippen LogP contribution is -2.31. The van der Waals surface area contributed by atoms with Crippen molar-refractivity contribution in [3.8, 4) is 0 Å². The fraction of sp³-hybridized carbons (Fsp3) is 0.300. The standard InChI is InChI=1S/C30H29N3O7S2/c1-16-6-11-21-22(12-16)42-27(26(21)30(38)39-2)32-24(34)15-40-29(37)17-7-9-19(10-8-17)33-25(35)14-23(28(33)36)41-20-5-3-4-18(31)13-20/h3-5,7-10,13,16,23H,6,11-12,14-15,31H2,1-2H3,(H,32,34).